The van der Waals surface area contributed by atoms with Gasteiger partial charge >= 0.3 is 0 Å². The van der Waals surface area contributed by atoms with Crippen molar-refractivity contribution < 1.29 is 33.0 Å². The van der Waals surface area contributed by atoms with Gasteiger partial charge in [-0.3, -0.25) is 9.59 Å². The van der Waals surface area contributed by atoms with Gasteiger partial charge in [0.1, 0.15) is 29.4 Å². The SMILES string of the molecule is COc1cccc(OC)c1C(=O)N(CC(=O)N(Cc1ccc2c(c1)OCO2)Cc1ccco1)C(C)C. The molecule has 2 aromatic carbocycles. The van der Waals surface area contributed by atoms with E-state index in [1.807, 2.05) is 38.1 Å². The maximum atomic E-state index is 13.7. The molecule has 4 rings (SSSR count). The minimum absolute atomic E-state index is 0.136. The molecular weight excluding hydrogens is 464 g/mol. The van der Waals surface area contributed by atoms with Crippen LogP contribution in [0.5, 0.6) is 23.0 Å². The maximum Gasteiger partial charge on any atom is 0.262 e. The van der Waals surface area contributed by atoms with E-state index in [-0.39, 0.29) is 43.3 Å². The summed E-state index contributed by atoms with van der Waals surface area (Å²) < 4.78 is 27.2. The Labute approximate surface area is 210 Å². The van der Waals surface area contributed by atoms with E-state index in [1.165, 1.54) is 19.1 Å². The molecule has 0 saturated heterocycles. The van der Waals surface area contributed by atoms with Crippen LogP contribution in [0, 0.1) is 0 Å². The predicted octanol–water partition coefficient (Wildman–Crippen LogP) is 4.11. The van der Waals surface area contributed by atoms with Gasteiger partial charge in [-0.2, -0.15) is 0 Å². The molecule has 9 heteroatoms. The lowest BCUT2D eigenvalue weighted by molar-refractivity contribution is -0.133. The number of hydrogen-bond acceptors (Lipinski definition) is 7. The summed E-state index contributed by atoms with van der Waals surface area (Å²) in [6.07, 6.45) is 1.57. The summed E-state index contributed by atoms with van der Waals surface area (Å²) in [6, 6.07) is 14.0. The fourth-order valence-electron chi connectivity index (χ4n) is 4.02. The van der Waals surface area contributed by atoms with E-state index in [9.17, 15) is 9.59 Å². The van der Waals surface area contributed by atoms with E-state index in [0.717, 1.165) is 5.56 Å². The average Bonchev–Trinajstić information content (AvgIpc) is 3.57. The third-order valence-corrected chi connectivity index (χ3v) is 5.92. The second-order valence-electron chi connectivity index (χ2n) is 8.58. The molecule has 190 valence electrons. The molecule has 0 atom stereocenters. The van der Waals surface area contributed by atoms with Crippen molar-refractivity contribution >= 4 is 11.8 Å². The highest BCUT2D eigenvalue weighted by atomic mass is 16.7. The molecule has 9 nitrogen and oxygen atoms in total. The van der Waals surface area contributed by atoms with Crippen LogP contribution in [0.25, 0.3) is 0 Å². The molecule has 2 heterocycles. The van der Waals surface area contributed by atoms with Crippen molar-refractivity contribution in [3.63, 3.8) is 0 Å². The molecule has 2 amide bonds. The van der Waals surface area contributed by atoms with Gasteiger partial charge in [-0.25, -0.2) is 0 Å². The Balaban J connectivity index is 1.59. The zero-order valence-corrected chi connectivity index (χ0v) is 20.9. The smallest absolute Gasteiger partial charge is 0.262 e. The van der Waals surface area contributed by atoms with E-state index < -0.39 is 0 Å². The highest BCUT2D eigenvalue weighted by Crippen LogP contribution is 2.33. The summed E-state index contributed by atoms with van der Waals surface area (Å²) in [5.41, 5.74) is 1.14. The van der Waals surface area contributed by atoms with Gasteiger partial charge in [-0.05, 0) is 55.8 Å². The number of benzene rings is 2. The number of furan rings is 1. The predicted molar refractivity (Wildman–Crippen MR) is 131 cm³/mol. The molecule has 0 unspecified atom stereocenters. The van der Waals surface area contributed by atoms with Crippen LogP contribution in [-0.2, 0) is 17.9 Å². The first-order valence-electron chi connectivity index (χ1n) is 11.6. The highest BCUT2D eigenvalue weighted by Gasteiger charge is 2.29. The quantitative estimate of drug-likeness (QED) is 0.419. The number of hydrogen-bond donors (Lipinski definition) is 0. The molecule has 0 N–H and O–H groups in total. The van der Waals surface area contributed by atoms with Crippen LogP contribution >= 0.6 is 0 Å². The monoisotopic (exact) mass is 494 g/mol. The lowest BCUT2D eigenvalue weighted by Gasteiger charge is -2.30. The van der Waals surface area contributed by atoms with Crippen LogP contribution in [0.15, 0.2) is 59.2 Å². The van der Waals surface area contributed by atoms with Crippen LogP contribution in [0.2, 0.25) is 0 Å². The second-order valence-corrected chi connectivity index (χ2v) is 8.58. The molecule has 1 aliphatic rings. The molecule has 1 aromatic heterocycles. The third-order valence-electron chi connectivity index (χ3n) is 5.92. The highest BCUT2D eigenvalue weighted by molar-refractivity contribution is 6.01. The zero-order chi connectivity index (χ0) is 25.7. The third kappa shape index (κ3) is 5.40. The van der Waals surface area contributed by atoms with E-state index in [1.54, 1.807) is 35.4 Å². The van der Waals surface area contributed by atoms with Gasteiger partial charge in [0.05, 0.1) is 27.0 Å². The fraction of sp³-hybridized carbons (Fsp3) is 0.333. The molecule has 1 aliphatic heterocycles. The average molecular weight is 495 g/mol. The minimum atomic E-state index is -0.353. The van der Waals surface area contributed by atoms with Gasteiger partial charge in [-0.1, -0.05) is 12.1 Å². The number of rotatable bonds is 10. The summed E-state index contributed by atoms with van der Waals surface area (Å²) in [5.74, 6) is 2.12. The molecule has 36 heavy (non-hydrogen) atoms. The molecule has 0 spiro atoms. The molecular formula is C27H30N2O7. The van der Waals surface area contributed by atoms with Crippen molar-refractivity contribution in [2.24, 2.45) is 0 Å². The molecule has 3 aromatic rings. The van der Waals surface area contributed by atoms with Gasteiger partial charge in [0, 0.05) is 12.6 Å². The Hall–Kier alpha value is -4.14. The minimum Gasteiger partial charge on any atom is -0.496 e. The second kappa shape index (κ2) is 11.1. The molecule has 0 bridgehead atoms. The van der Waals surface area contributed by atoms with E-state index >= 15 is 0 Å². The zero-order valence-electron chi connectivity index (χ0n) is 20.9. The number of fused-ring (bicyclic) bond motifs is 1. The first kappa shape index (κ1) is 25.0. The van der Waals surface area contributed by atoms with Crippen molar-refractivity contribution in [1.82, 2.24) is 9.80 Å². The number of methoxy groups -OCH3 is 2. The first-order chi connectivity index (χ1) is 17.4. The first-order valence-corrected chi connectivity index (χ1v) is 11.6. The van der Waals surface area contributed by atoms with Crippen LogP contribution < -0.4 is 18.9 Å². The van der Waals surface area contributed by atoms with E-state index in [4.69, 9.17) is 23.4 Å². The van der Waals surface area contributed by atoms with Crippen molar-refractivity contribution in [2.75, 3.05) is 27.6 Å². The lowest BCUT2D eigenvalue weighted by Crippen LogP contribution is -2.45. The van der Waals surface area contributed by atoms with Gasteiger partial charge in [-0.15, -0.1) is 0 Å². The lowest BCUT2D eigenvalue weighted by atomic mass is 10.1. The van der Waals surface area contributed by atoms with Crippen LogP contribution in [-0.4, -0.2) is 55.2 Å². The Kier molecular flexibility index (Phi) is 7.68. The number of amides is 2. The Morgan fingerprint density at radius 3 is 2.31 bits per heavy atom. The maximum absolute atomic E-state index is 13.7. The Morgan fingerprint density at radius 2 is 1.67 bits per heavy atom. The van der Waals surface area contributed by atoms with Crippen LogP contribution in [0.1, 0.15) is 35.5 Å². The van der Waals surface area contributed by atoms with Crippen LogP contribution in [0.3, 0.4) is 0 Å². The normalized spacial score (nSPS) is 11.9. The van der Waals surface area contributed by atoms with Crippen molar-refractivity contribution in [3.05, 3.63) is 71.7 Å². The number of nitrogens with zero attached hydrogens (tertiary/aromatic N) is 2. The fourth-order valence-corrected chi connectivity index (χ4v) is 4.02. The molecule has 0 radical (unpaired) electrons. The summed E-state index contributed by atoms with van der Waals surface area (Å²) in [7, 11) is 2.99. The van der Waals surface area contributed by atoms with Crippen molar-refractivity contribution in [1.29, 1.82) is 0 Å². The summed E-state index contributed by atoms with van der Waals surface area (Å²) >= 11 is 0. The Morgan fingerprint density at radius 1 is 0.944 bits per heavy atom. The Bertz CT molecular complexity index is 1180. The molecule has 0 aliphatic carbocycles. The van der Waals surface area contributed by atoms with Crippen molar-refractivity contribution in [2.45, 2.75) is 33.0 Å². The van der Waals surface area contributed by atoms with Gasteiger partial charge in [0.25, 0.3) is 5.91 Å². The van der Waals surface area contributed by atoms with E-state index in [0.29, 0.717) is 35.3 Å². The molecule has 0 saturated carbocycles. The van der Waals surface area contributed by atoms with Crippen molar-refractivity contribution in [3.8, 4) is 23.0 Å². The molecule has 0 fully saturated rings. The van der Waals surface area contributed by atoms with Crippen LogP contribution in [0.4, 0.5) is 0 Å². The van der Waals surface area contributed by atoms with Gasteiger partial charge in [0.15, 0.2) is 11.5 Å². The van der Waals surface area contributed by atoms with E-state index in [2.05, 4.69) is 0 Å². The standard InChI is InChI=1S/C27H30N2O7/c1-18(2)29(27(31)26-22(32-3)8-5-9-23(26)33-4)16-25(30)28(15-20-7-6-12-34-20)14-19-10-11-21-24(13-19)36-17-35-21/h5-13,18H,14-17H2,1-4H3. The largest absolute Gasteiger partial charge is 0.496 e. The number of ether oxygens (including phenoxy) is 4. The number of carbonyl (C=O) groups is 2. The number of carbonyl (C=O) groups excluding carboxylic acids is 2. The topological polar surface area (TPSA) is 90.7 Å². The summed E-state index contributed by atoms with van der Waals surface area (Å²) in [4.78, 5) is 30.5. The summed E-state index contributed by atoms with van der Waals surface area (Å²) in [5, 5.41) is 0. The van der Waals surface area contributed by atoms with Gasteiger partial charge in [0.2, 0.25) is 12.7 Å². The summed E-state index contributed by atoms with van der Waals surface area (Å²) in [6.45, 7) is 4.31. The van der Waals surface area contributed by atoms with Gasteiger partial charge < -0.3 is 33.2 Å².